The molecule has 0 spiro atoms. The van der Waals surface area contributed by atoms with E-state index in [4.69, 9.17) is 5.73 Å². The van der Waals surface area contributed by atoms with Gasteiger partial charge in [0.15, 0.2) is 0 Å². The Labute approximate surface area is 119 Å². The molecule has 1 rings (SSSR count). The van der Waals surface area contributed by atoms with Crippen molar-refractivity contribution in [2.75, 3.05) is 18.4 Å². The van der Waals surface area contributed by atoms with Crippen LogP contribution in [0.3, 0.4) is 0 Å². The van der Waals surface area contributed by atoms with Crippen LogP contribution in [0.25, 0.3) is 0 Å². The van der Waals surface area contributed by atoms with Crippen LogP contribution in [0.2, 0.25) is 0 Å². The van der Waals surface area contributed by atoms with Gasteiger partial charge in [-0.25, -0.2) is 13.1 Å². The maximum absolute atomic E-state index is 11.9. The molecule has 0 saturated heterocycles. The monoisotopic (exact) mass is 299 g/mol. The zero-order chi connectivity index (χ0) is 15.0. The number of rotatable bonds is 8. The van der Waals surface area contributed by atoms with Gasteiger partial charge in [0.1, 0.15) is 0 Å². The number of unbranched alkanes of at least 4 members (excludes halogenated alkanes) is 1. The highest BCUT2D eigenvalue weighted by molar-refractivity contribution is 7.89. The van der Waals surface area contributed by atoms with Crippen LogP contribution < -0.4 is 15.8 Å². The third-order valence-corrected chi connectivity index (χ3v) is 4.08. The summed E-state index contributed by atoms with van der Waals surface area (Å²) in [5.41, 5.74) is 5.75. The molecule has 0 unspecified atom stereocenters. The molecular weight excluding hydrogens is 278 g/mol. The molecule has 0 aliphatic carbocycles. The Hall–Kier alpha value is -1.44. The van der Waals surface area contributed by atoms with Crippen molar-refractivity contribution in [1.82, 2.24) is 4.72 Å². The number of benzene rings is 1. The van der Waals surface area contributed by atoms with Crippen LogP contribution in [0, 0.1) is 0 Å². The predicted octanol–water partition coefficient (Wildman–Crippen LogP) is 1.05. The van der Waals surface area contributed by atoms with Gasteiger partial charge in [0.2, 0.25) is 15.9 Å². The van der Waals surface area contributed by atoms with Gasteiger partial charge in [0.05, 0.1) is 4.90 Å². The number of anilines is 1. The highest BCUT2D eigenvalue weighted by Crippen LogP contribution is 2.15. The summed E-state index contributed by atoms with van der Waals surface area (Å²) in [7, 11) is -3.58. The minimum absolute atomic E-state index is 0.110. The molecule has 112 valence electrons. The van der Waals surface area contributed by atoms with Crippen molar-refractivity contribution in [2.45, 2.75) is 31.1 Å². The van der Waals surface area contributed by atoms with Gasteiger partial charge in [-0.1, -0.05) is 19.4 Å². The molecule has 1 amide bonds. The molecule has 0 bridgehead atoms. The number of carbonyl (C=O) groups excluding carboxylic acids is 1. The zero-order valence-corrected chi connectivity index (χ0v) is 12.4. The third-order valence-electron chi connectivity index (χ3n) is 2.62. The normalized spacial score (nSPS) is 11.3. The van der Waals surface area contributed by atoms with E-state index in [1.54, 1.807) is 12.1 Å². The minimum atomic E-state index is -3.58. The van der Waals surface area contributed by atoms with Crippen LogP contribution >= 0.6 is 0 Å². The second-order valence-corrected chi connectivity index (χ2v) is 6.13. The standard InChI is InChI=1S/C13H21N3O3S/c1-2-3-7-13(17)16-11-5-4-6-12(10-11)20(18,19)15-9-8-14/h4-6,10,15H,2-3,7-9,14H2,1H3,(H,16,17). The summed E-state index contributed by atoms with van der Waals surface area (Å²) in [5.74, 6) is -0.115. The molecule has 1 aromatic rings. The fourth-order valence-corrected chi connectivity index (χ4v) is 2.67. The summed E-state index contributed by atoms with van der Waals surface area (Å²) < 4.78 is 26.2. The maximum Gasteiger partial charge on any atom is 0.240 e. The summed E-state index contributed by atoms with van der Waals surface area (Å²) in [6.45, 7) is 2.41. The van der Waals surface area contributed by atoms with Gasteiger partial charge >= 0.3 is 0 Å². The van der Waals surface area contributed by atoms with Crippen molar-refractivity contribution < 1.29 is 13.2 Å². The van der Waals surface area contributed by atoms with Gasteiger partial charge in [0.25, 0.3) is 0 Å². The Morgan fingerprint density at radius 2 is 2.10 bits per heavy atom. The Bertz CT molecular complexity index is 544. The first-order chi connectivity index (χ1) is 9.49. The number of hydrogen-bond donors (Lipinski definition) is 3. The predicted molar refractivity (Wildman–Crippen MR) is 78.8 cm³/mol. The lowest BCUT2D eigenvalue weighted by atomic mass is 10.2. The molecule has 0 aliphatic rings. The Morgan fingerprint density at radius 3 is 2.75 bits per heavy atom. The van der Waals surface area contributed by atoms with E-state index in [-0.39, 0.29) is 23.9 Å². The molecule has 0 radical (unpaired) electrons. The van der Waals surface area contributed by atoms with Crippen molar-refractivity contribution in [3.63, 3.8) is 0 Å². The Morgan fingerprint density at radius 1 is 1.35 bits per heavy atom. The molecule has 0 aromatic heterocycles. The van der Waals surface area contributed by atoms with E-state index < -0.39 is 10.0 Å². The average Bonchev–Trinajstić information content (AvgIpc) is 2.43. The zero-order valence-electron chi connectivity index (χ0n) is 11.6. The molecule has 0 fully saturated rings. The average molecular weight is 299 g/mol. The van der Waals surface area contributed by atoms with Crippen molar-refractivity contribution in [3.8, 4) is 0 Å². The van der Waals surface area contributed by atoms with Crippen LogP contribution in [0.15, 0.2) is 29.2 Å². The summed E-state index contributed by atoms with van der Waals surface area (Å²) in [6.07, 6.45) is 2.17. The SMILES string of the molecule is CCCCC(=O)Nc1cccc(S(=O)(=O)NCCN)c1. The van der Waals surface area contributed by atoms with Crippen LogP contribution in [0.4, 0.5) is 5.69 Å². The second kappa shape index (κ2) is 7.98. The minimum Gasteiger partial charge on any atom is -0.329 e. The van der Waals surface area contributed by atoms with Gasteiger partial charge in [-0.15, -0.1) is 0 Å². The first-order valence-electron chi connectivity index (χ1n) is 6.59. The topological polar surface area (TPSA) is 101 Å². The van der Waals surface area contributed by atoms with E-state index in [1.807, 2.05) is 6.92 Å². The van der Waals surface area contributed by atoms with Gasteiger partial charge in [-0.3, -0.25) is 4.79 Å². The summed E-state index contributed by atoms with van der Waals surface area (Å²) in [6, 6.07) is 6.15. The van der Waals surface area contributed by atoms with E-state index in [9.17, 15) is 13.2 Å². The lowest BCUT2D eigenvalue weighted by molar-refractivity contribution is -0.116. The number of amides is 1. The maximum atomic E-state index is 11.9. The van der Waals surface area contributed by atoms with E-state index in [0.29, 0.717) is 12.1 Å². The molecular formula is C13H21N3O3S. The molecule has 0 heterocycles. The van der Waals surface area contributed by atoms with E-state index in [0.717, 1.165) is 12.8 Å². The van der Waals surface area contributed by atoms with Crippen LogP contribution in [-0.4, -0.2) is 27.4 Å². The van der Waals surface area contributed by atoms with Gasteiger partial charge < -0.3 is 11.1 Å². The number of sulfonamides is 1. The van der Waals surface area contributed by atoms with E-state index >= 15 is 0 Å². The lowest BCUT2D eigenvalue weighted by Crippen LogP contribution is -2.29. The molecule has 1 aromatic carbocycles. The van der Waals surface area contributed by atoms with E-state index in [1.165, 1.54) is 12.1 Å². The van der Waals surface area contributed by atoms with E-state index in [2.05, 4.69) is 10.0 Å². The fourth-order valence-electron chi connectivity index (χ4n) is 1.58. The fraction of sp³-hybridized carbons (Fsp3) is 0.462. The van der Waals surface area contributed by atoms with Crippen LogP contribution in [0.1, 0.15) is 26.2 Å². The number of nitrogens with two attached hydrogens (primary N) is 1. The summed E-state index contributed by atoms with van der Waals surface area (Å²) in [5, 5.41) is 2.69. The van der Waals surface area contributed by atoms with Gasteiger partial charge in [-0.05, 0) is 24.6 Å². The number of carbonyl (C=O) groups is 1. The smallest absolute Gasteiger partial charge is 0.240 e. The molecule has 20 heavy (non-hydrogen) atoms. The van der Waals surface area contributed by atoms with Crippen LogP contribution in [0.5, 0.6) is 0 Å². The summed E-state index contributed by atoms with van der Waals surface area (Å²) >= 11 is 0. The molecule has 0 atom stereocenters. The highest BCUT2D eigenvalue weighted by Gasteiger charge is 2.13. The molecule has 7 heteroatoms. The molecule has 0 aliphatic heterocycles. The highest BCUT2D eigenvalue weighted by atomic mass is 32.2. The number of hydrogen-bond acceptors (Lipinski definition) is 4. The Kier molecular flexibility index (Phi) is 6.63. The molecule has 6 nitrogen and oxygen atoms in total. The Balaban J connectivity index is 2.78. The van der Waals surface area contributed by atoms with Gasteiger partial charge in [0, 0.05) is 25.2 Å². The third kappa shape index (κ3) is 5.28. The first-order valence-corrected chi connectivity index (χ1v) is 8.07. The van der Waals surface area contributed by atoms with Crippen molar-refractivity contribution in [3.05, 3.63) is 24.3 Å². The second-order valence-electron chi connectivity index (χ2n) is 4.37. The van der Waals surface area contributed by atoms with Crippen molar-refractivity contribution >= 4 is 21.6 Å². The first kappa shape index (κ1) is 16.6. The quantitative estimate of drug-likeness (QED) is 0.668. The largest absolute Gasteiger partial charge is 0.329 e. The van der Waals surface area contributed by atoms with Crippen molar-refractivity contribution in [1.29, 1.82) is 0 Å². The number of nitrogens with one attached hydrogen (secondary N) is 2. The van der Waals surface area contributed by atoms with Crippen molar-refractivity contribution in [2.24, 2.45) is 5.73 Å². The molecule has 4 N–H and O–H groups in total. The lowest BCUT2D eigenvalue weighted by Gasteiger charge is -2.09. The summed E-state index contributed by atoms with van der Waals surface area (Å²) in [4.78, 5) is 11.7. The van der Waals surface area contributed by atoms with Gasteiger partial charge in [-0.2, -0.15) is 0 Å². The molecule has 0 saturated carbocycles. The van der Waals surface area contributed by atoms with Crippen LogP contribution in [-0.2, 0) is 14.8 Å².